The van der Waals surface area contributed by atoms with E-state index in [1.54, 1.807) is 17.0 Å². The minimum absolute atomic E-state index is 0.0986. The molecule has 4 rings (SSSR count). The molecular weight excluding hydrogens is 379 g/mol. The molecule has 1 N–H and O–H groups in total. The number of aromatic nitrogens is 2. The van der Waals surface area contributed by atoms with Crippen molar-refractivity contribution in [3.05, 3.63) is 64.9 Å². The zero-order valence-corrected chi connectivity index (χ0v) is 15.5. The van der Waals surface area contributed by atoms with Crippen molar-refractivity contribution in [2.45, 2.75) is 19.5 Å². The van der Waals surface area contributed by atoms with Crippen LogP contribution < -0.4 is 10.9 Å². The van der Waals surface area contributed by atoms with E-state index in [1.807, 2.05) is 0 Å². The van der Waals surface area contributed by atoms with Crippen molar-refractivity contribution in [1.29, 1.82) is 0 Å². The molecule has 0 unspecified atom stereocenters. The zero-order valence-electron chi connectivity index (χ0n) is 15.5. The predicted molar refractivity (Wildman–Crippen MR) is 101 cm³/mol. The Kier molecular flexibility index (Phi) is 5.11. The highest BCUT2D eigenvalue weighted by molar-refractivity contribution is 5.89. The Bertz CT molecular complexity index is 1110. The number of hydrogen-bond donors (Lipinski definition) is 1. The van der Waals surface area contributed by atoms with Crippen LogP contribution in [0.3, 0.4) is 0 Å². The number of likely N-dealkylation sites (tertiary alicyclic amines) is 1. The van der Waals surface area contributed by atoms with Crippen LogP contribution in [0.5, 0.6) is 0 Å². The Morgan fingerprint density at radius 2 is 2.17 bits per heavy atom. The third-order valence-corrected chi connectivity index (χ3v) is 4.95. The van der Waals surface area contributed by atoms with E-state index in [9.17, 15) is 18.8 Å². The van der Waals surface area contributed by atoms with Gasteiger partial charge in [0.15, 0.2) is 0 Å². The first-order valence-electron chi connectivity index (χ1n) is 9.24. The maximum Gasteiger partial charge on any atom is 0.261 e. The Hall–Kier alpha value is -3.49. The molecule has 3 heterocycles. The maximum absolute atomic E-state index is 13.4. The van der Waals surface area contributed by atoms with Crippen LogP contribution in [0.4, 0.5) is 4.39 Å². The van der Waals surface area contributed by atoms with E-state index < -0.39 is 11.7 Å². The van der Waals surface area contributed by atoms with Crippen molar-refractivity contribution in [2.24, 2.45) is 5.92 Å². The molecule has 8 nitrogen and oxygen atoms in total. The second kappa shape index (κ2) is 7.86. The van der Waals surface area contributed by atoms with Crippen molar-refractivity contribution in [1.82, 2.24) is 19.8 Å². The lowest BCUT2D eigenvalue weighted by Crippen LogP contribution is -2.36. The van der Waals surface area contributed by atoms with E-state index in [4.69, 9.17) is 4.42 Å². The van der Waals surface area contributed by atoms with E-state index in [1.165, 1.54) is 29.3 Å². The van der Waals surface area contributed by atoms with Gasteiger partial charge in [0.2, 0.25) is 11.8 Å². The molecule has 9 heteroatoms. The van der Waals surface area contributed by atoms with Crippen LogP contribution in [-0.2, 0) is 22.7 Å². The Morgan fingerprint density at radius 3 is 2.97 bits per heavy atom. The summed E-state index contributed by atoms with van der Waals surface area (Å²) in [7, 11) is 0. The first-order chi connectivity index (χ1) is 14.0. The quantitative estimate of drug-likeness (QED) is 0.675. The molecule has 1 aliphatic heterocycles. The summed E-state index contributed by atoms with van der Waals surface area (Å²) in [6, 6.07) is 7.37. The number of nitrogens with zero attached hydrogens (tertiary/aromatic N) is 3. The van der Waals surface area contributed by atoms with Gasteiger partial charge in [-0.2, -0.15) is 0 Å². The molecule has 0 spiro atoms. The molecule has 0 aliphatic carbocycles. The van der Waals surface area contributed by atoms with Crippen molar-refractivity contribution in [2.75, 3.05) is 13.1 Å². The zero-order chi connectivity index (χ0) is 20.4. The second-order valence-electron chi connectivity index (χ2n) is 6.95. The standard InChI is InChI=1S/C20H19FN4O4/c21-14-3-4-17-16(9-14)20(28)24(12-23-17)6-5-22-19(27)13-8-18(26)25(10-13)11-15-2-1-7-29-15/h1-4,7,9,12-13H,5-6,8,10-11H2,(H,22,27)/t13-/m0/s1. The molecule has 3 aromatic rings. The van der Waals surface area contributed by atoms with Crippen LogP contribution >= 0.6 is 0 Å². The summed E-state index contributed by atoms with van der Waals surface area (Å²) in [6.07, 6.45) is 3.06. The molecule has 1 fully saturated rings. The summed E-state index contributed by atoms with van der Waals surface area (Å²) in [5.74, 6) is -0.629. The largest absolute Gasteiger partial charge is 0.467 e. The Balaban J connectivity index is 1.33. The average Bonchev–Trinajstić information content (AvgIpc) is 3.34. The first kappa shape index (κ1) is 18.9. The fourth-order valence-corrected chi connectivity index (χ4v) is 3.43. The van der Waals surface area contributed by atoms with Crippen molar-refractivity contribution in [3.8, 4) is 0 Å². The summed E-state index contributed by atoms with van der Waals surface area (Å²) in [6.45, 7) is 1.05. The number of amides is 2. The molecule has 150 valence electrons. The number of nitrogens with one attached hydrogen (secondary N) is 1. The van der Waals surface area contributed by atoms with Crippen molar-refractivity contribution in [3.63, 3.8) is 0 Å². The van der Waals surface area contributed by atoms with Gasteiger partial charge in [-0.25, -0.2) is 9.37 Å². The summed E-state index contributed by atoms with van der Waals surface area (Å²) < 4.78 is 20.0. The number of rotatable bonds is 6. The normalized spacial score (nSPS) is 16.5. The number of carbonyl (C=O) groups is 2. The van der Waals surface area contributed by atoms with Gasteiger partial charge >= 0.3 is 0 Å². The van der Waals surface area contributed by atoms with Gasteiger partial charge in [0.1, 0.15) is 11.6 Å². The van der Waals surface area contributed by atoms with Gasteiger partial charge in [0.25, 0.3) is 5.56 Å². The summed E-state index contributed by atoms with van der Waals surface area (Å²) in [5.41, 5.74) is 0.0437. The van der Waals surface area contributed by atoms with Crippen LogP contribution in [0.1, 0.15) is 12.2 Å². The highest BCUT2D eigenvalue weighted by Gasteiger charge is 2.34. The molecule has 1 aromatic carbocycles. The monoisotopic (exact) mass is 398 g/mol. The van der Waals surface area contributed by atoms with Gasteiger partial charge in [0.05, 0.1) is 36.0 Å². The van der Waals surface area contributed by atoms with Gasteiger partial charge in [-0.1, -0.05) is 0 Å². The van der Waals surface area contributed by atoms with E-state index >= 15 is 0 Å². The summed E-state index contributed by atoms with van der Waals surface area (Å²) >= 11 is 0. The molecule has 1 saturated heterocycles. The molecule has 0 radical (unpaired) electrons. The van der Waals surface area contributed by atoms with Crippen molar-refractivity contribution < 1.29 is 18.4 Å². The number of hydrogen-bond acceptors (Lipinski definition) is 5. The fraction of sp³-hybridized carbons (Fsp3) is 0.300. The van der Waals surface area contributed by atoms with E-state index in [-0.39, 0.29) is 42.3 Å². The van der Waals surface area contributed by atoms with Crippen LogP contribution in [-0.4, -0.2) is 39.4 Å². The van der Waals surface area contributed by atoms with Gasteiger partial charge in [-0.15, -0.1) is 0 Å². The van der Waals surface area contributed by atoms with Crippen LogP contribution in [0.25, 0.3) is 10.9 Å². The topological polar surface area (TPSA) is 97.4 Å². The first-order valence-corrected chi connectivity index (χ1v) is 9.24. The predicted octanol–water partition coefficient (Wildman–Crippen LogP) is 1.29. The van der Waals surface area contributed by atoms with Crippen LogP contribution in [0.15, 0.2) is 52.1 Å². The van der Waals surface area contributed by atoms with Gasteiger partial charge in [0, 0.05) is 26.1 Å². The van der Waals surface area contributed by atoms with Gasteiger partial charge < -0.3 is 14.6 Å². The highest BCUT2D eigenvalue weighted by atomic mass is 19.1. The lowest BCUT2D eigenvalue weighted by Gasteiger charge is -2.15. The van der Waals surface area contributed by atoms with Gasteiger partial charge in [-0.05, 0) is 30.3 Å². The van der Waals surface area contributed by atoms with Gasteiger partial charge in [-0.3, -0.25) is 19.0 Å². The Morgan fingerprint density at radius 1 is 1.31 bits per heavy atom. The van der Waals surface area contributed by atoms with Crippen molar-refractivity contribution >= 4 is 22.7 Å². The SMILES string of the molecule is O=C(NCCn1cnc2ccc(F)cc2c1=O)[C@H]1CC(=O)N(Cc2ccco2)C1. The van der Waals surface area contributed by atoms with E-state index in [0.717, 1.165) is 6.07 Å². The van der Waals surface area contributed by atoms with E-state index in [0.29, 0.717) is 24.4 Å². The molecule has 1 atom stereocenters. The molecule has 1 aliphatic rings. The Labute approximate surface area is 164 Å². The number of carbonyl (C=O) groups excluding carboxylic acids is 2. The lowest BCUT2D eigenvalue weighted by atomic mass is 10.1. The minimum Gasteiger partial charge on any atom is -0.467 e. The summed E-state index contributed by atoms with van der Waals surface area (Å²) in [4.78, 5) is 42.7. The third-order valence-electron chi connectivity index (χ3n) is 4.95. The second-order valence-corrected chi connectivity index (χ2v) is 6.95. The van der Waals surface area contributed by atoms with Crippen LogP contribution in [0.2, 0.25) is 0 Å². The highest BCUT2D eigenvalue weighted by Crippen LogP contribution is 2.20. The molecular formula is C20H19FN4O4. The number of halogens is 1. The number of benzene rings is 1. The summed E-state index contributed by atoms with van der Waals surface area (Å²) in [5, 5.41) is 2.95. The number of fused-ring (bicyclic) bond motifs is 1. The van der Waals surface area contributed by atoms with Crippen LogP contribution in [0, 0.1) is 11.7 Å². The third kappa shape index (κ3) is 4.03. The smallest absolute Gasteiger partial charge is 0.261 e. The molecule has 2 aromatic heterocycles. The van der Waals surface area contributed by atoms with E-state index in [2.05, 4.69) is 10.3 Å². The molecule has 0 bridgehead atoms. The molecule has 2 amide bonds. The molecule has 0 saturated carbocycles. The molecule has 29 heavy (non-hydrogen) atoms. The fourth-order valence-electron chi connectivity index (χ4n) is 3.43. The maximum atomic E-state index is 13.4. The minimum atomic E-state index is -0.507. The number of furan rings is 1. The average molecular weight is 398 g/mol. The lowest BCUT2D eigenvalue weighted by molar-refractivity contribution is -0.129.